The first kappa shape index (κ1) is 23.3. The highest BCUT2D eigenvalue weighted by Crippen LogP contribution is 2.43. The zero-order chi connectivity index (χ0) is 20.6. The van der Waals surface area contributed by atoms with Gasteiger partial charge >= 0.3 is 6.18 Å². The summed E-state index contributed by atoms with van der Waals surface area (Å²) in [5.74, 6) is 3.07. The molecule has 28 heavy (non-hydrogen) atoms. The number of hydrogen-bond donors (Lipinski definition) is 0. The highest BCUT2D eigenvalue weighted by molar-refractivity contribution is 5.86. The van der Waals surface area contributed by atoms with Crippen molar-refractivity contribution in [3.05, 3.63) is 12.7 Å². The topological polar surface area (TPSA) is 20.3 Å². The van der Waals surface area contributed by atoms with Crippen LogP contribution in [0.1, 0.15) is 83.5 Å². The molecule has 0 heterocycles. The predicted octanol–water partition coefficient (Wildman–Crippen LogP) is 6.76. The maximum atomic E-state index is 12.2. The van der Waals surface area contributed by atoms with Crippen LogP contribution in [0.2, 0.25) is 0 Å². The lowest BCUT2D eigenvalue weighted by Gasteiger charge is -2.38. The Labute approximate surface area is 168 Å². The molecule has 0 atom stereocenters. The Morgan fingerprint density at radius 1 is 0.929 bits per heavy atom. The quantitative estimate of drug-likeness (QED) is 0.309. The minimum Gasteiger partial charge on any atom is -0.342 e. The summed E-state index contributed by atoms with van der Waals surface area (Å²) in [4.78, 5) is 13.3. The first-order valence-electron chi connectivity index (χ1n) is 11.2. The second kappa shape index (κ2) is 11.3. The van der Waals surface area contributed by atoms with E-state index in [0.717, 1.165) is 43.6 Å². The molecular formula is C23H38F3NO. The van der Waals surface area contributed by atoms with E-state index in [0.29, 0.717) is 12.3 Å². The highest BCUT2D eigenvalue weighted by Gasteiger charge is 2.31. The first-order chi connectivity index (χ1) is 13.3. The van der Waals surface area contributed by atoms with Crippen LogP contribution in [0.25, 0.3) is 0 Å². The van der Waals surface area contributed by atoms with Gasteiger partial charge in [0.2, 0.25) is 5.91 Å². The monoisotopic (exact) mass is 401 g/mol. The van der Waals surface area contributed by atoms with E-state index >= 15 is 0 Å². The Morgan fingerprint density at radius 2 is 1.43 bits per heavy atom. The maximum absolute atomic E-state index is 12.2. The summed E-state index contributed by atoms with van der Waals surface area (Å²) in [6, 6.07) is 0. The Morgan fingerprint density at radius 3 is 1.89 bits per heavy atom. The third kappa shape index (κ3) is 8.16. The Kier molecular flexibility index (Phi) is 9.36. The summed E-state index contributed by atoms with van der Waals surface area (Å²) in [6.07, 6.45) is 10.00. The van der Waals surface area contributed by atoms with E-state index in [4.69, 9.17) is 0 Å². The average Bonchev–Trinajstić information content (AvgIpc) is 2.69. The molecule has 0 aromatic rings. The van der Waals surface area contributed by atoms with Crippen LogP contribution in [0.15, 0.2) is 12.7 Å². The summed E-state index contributed by atoms with van der Waals surface area (Å²) < 4.78 is 36.7. The van der Waals surface area contributed by atoms with Gasteiger partial charge in [-0.1, -0.05) is 45.1 Å². The number of carbonyl (C=O) groups excluding carboxylic acids is 1. The molecule has 162 valence electrons. The molecule has 0 saturated heterocycles. The lowest BCUT2D eigenvalue weighted by atomic mass is 9.68. The molecule has 2 fully saturated rings. The predicted molar refractivity (Wildman–Crippen MR) is 108 cm³/mol. The molecule has 0 aliphatic heterocycles. The number of amides is 1. The summed E-state index contributed by atoms with van der Waals surface area (Å²) in [7, 11) is 1.84. The number of unbranched alkanes of at least 4 members (excludes halogenated alkanes) is 1. The van der Waals surface area contributed by atoms with Gasteiger partial charge in [-0.05, 0) is 68.3 Å². The van der Waals surface area contributed by atoms with E-state index in [1.54, 1.807) is 4.90 Å². The molecule has 0 unspecified atom stereocenters. The molecule has 1 amide bonds. The van der Waals surface area contributed by atoms with Crippen molar-refractivity contribution >= 4 is 5.91 Å². The smallest absolute Gasteiger partial charge is 0.342 e. The van der Waals surface area contributed by atoms with Gasteiger partial charge in [-0.3, -0.25) is 4.79 Å². The minimum atomic E-state index is -3.99. The number of hydrogen-bond acceptors (Lipinski definition) is 1. The lowest BCUT2D eigenvalue weighted by Crippen LogP contribution is -2.29. The number of nitrogens with zero attached hydrogens (tertiary/aromatic N) is 1. The van der Waals surface area contributed by atoms with Gasteiger partial charge in [0.1, 0.15) is 0 Å². The lowest BCUT2D eigenvalue weighted by molar-refractivity contribution is -0.135. The van der Waals surface area contributed by atoms with Crippen molar-refractivity contribution in [1.29, 1.82) is 0 Å². The van der Waals surface area contributed by atoms with Gasteiger partial charge in [0.15, 0.2) is 0 Å². The Balaban J connectivity index is 1.58. The van der Waals surface area contributed by atoms with Crippen molar-refractivity contribution in [3.63, 3.8) is 0 Å². The van der Waals surface area contributed by atoms with Crippen molar-refractivity contribution in [3.8, 4) is 0 Å². The van der Waals surface area contributed by atoms with Gasteiger partial charge in [0, 0.05) is 20.0 Å². The molecule has 2 saturated carbocycles. The second-order valence-corrected chi connectivity index (χ2v) is 9.18. The minimum absolute atomic E-state index is 0.00357. The Bertz CT molecular complexity index is 475. The Hall–Kier alpha value is -1.00. The summed E-state index contributed by atoms with van der Waals surface area (Å²) in [5, 5.41) is 0. The number of halogens is 3. The van der Waals surface area contributed by atoms with Crippen LogP contribution in [0.4, 0.5) is 13.2 Å². The standard InChI is InChI=1S/C23H38F3NO/c1-3-22(28)27(2)17-15-19-9-13-21(14-10-19)20-11-7-18(8-12-20)6-4-5-16-23(24,25)26/h3,18-21H,1,4-17H2,2H3. The number of rotatable bonds is 9. The fourth-order valence-corrected chi connectivity index (χ4v) is 5.30. The van der Waals surface area contributed by atoms with Crippen LogP contribution < -0.4 is 0 Å². The van der Waals surface area contributed by atoms with E-state index in [-0.39, 0.29) is 5.91 Å². The molecule has 0 radical (unpaired) electrons. The van der Waals surface area contributed by atoms with Crippen LogP contribution in [-0.2, 0) is 4.79 Å². The van der Waals surface area contributed by atoms with Gasteiger partial charge < -0.3 is 4.90 Å². The highest BCUT2D eigenvalue weighted by atomic mass is 19.4. The molecular weight excluding hydrogens is 363 g/mol. The van der Waals surface area contributed by atoms with E-state index in [1.807, 2.05) is 7.05 Å². The fourth-order valence-electron chi connectivity index (χ4n) is 5.30. The van der Waals surface area contributed by atoms with Gasteiger partial charge in [-0.25, -0.2) is 0 Å². The number of carbonyl (C=O) groups is 1. The largest absolute Gasteiger partial charge is 0.389 e. The average molecular weight is 402 g/mol. The van der Waals surface area contributed by atoms with Gasteiger partial charge in [0.25, 0.3) is 0 Å². The SMILES string of the molecule is C=CC(=O)N(C)CCC1CCC(C2CCC(CCCCC(F)(F)F)CC2)CC1. The number of alkyl halides is 3. The molecule has 5 heteroatoms. The van der Waals surface area contributed by atoms with Crippen LogP contribution in [0.5, 0.6) is 0 Å². The summed E-state index contributed by atoms with van der Waals surface area (Å²) >= 11 is 0. The maximum Gasteiger partial charge on any atom is 0.389 e. The van der Waals surface area contributed by atoms with Crippen molar-refractivity contribution in [2.24, 2.45) is 23.7 Å². The van der Waals surface area contributed by atoms with E-state index < -0.39 is 12.6 Å². The molecule has 2 aliphatic rings. The fraction of sp³-hybridized carbons (Fsp3) is 0.870. The molecule has 2 nitrogen and oxygen atoms in total. The normalized spacial score (nSPS) is 28.7. The van der Waals surface area contributed by atoms with Gasteiger partial charge in [-0.2, -0.15) is 13.2 Å². The van der Waals surface area contributed by atoms with Crippen LogP contribution >= 0.6 is 0 Å². The molecule has 0 aromatic heterocycles. The molecule has 0 bridgehead atoms. The van der Waals surface area contributed by atoms with E-state index in [2.05, 4.69) is 6.58 Å². The van der Waals surface area contributed by atoms with Crippen molar-refractivity contribution in [2.45, 2.75) is 89.6 Å². The number of likely N-dealkylation sites (N-methyl/N-ethyl adjacent to an activating group) is 1. The third-order valence-electron chi connectivity index (χ3n) is 7.20. The van der Waals surface area contributed by atoms with Crippen LogP contribution in [0, 0.1) is 23.7 Å². The van der Waals surface area contributed by atoms with Crippen LogP contribution in [-0.4, -0.2) is 30.6 Å². The molecule has 0 aromatic carbocycles. The van der Waals surface area contributed by atoms with Crippen LogP contribution in [0.3, 0.4) is 0 Å². The van der Waals surface area contributed by atoms with E-state index in [9.17, 15) is 18.0 Å². The molecule has 2 aliphatic carbocycles. The molecule has 0 spiro atoms. The molecule has 0 N–H and O–H groups in total. The first-order valence-corrected chi connectivity index (χ1v) is 11.2. The summed E-state index contributed by atoms with van der Waals surface area (Å²) in [5.41, 5.74) is 0. The van der Waals surface area contributed by atoms with Crippen molar-refractivity contribution < 1.29 is 18.0 Å². The zero-order valence-corrected chi connectivity index (χ0v) is 17.5. The summed E-state index contributed by atoms with van der Waals surface area (Å²) in [6.45, 7) is 4.36. The van der Waals surface area contributed by atoms with Gasteiger partial charge in [-0.15, -0.1) is 0 Å². The third-order valence-corrected chi connectivity index (χ3v) is 7.20. The van der Waals surface area contributed by atoms with Crippen molar-refractivity contribution in [1.82, 2.24) is 4.90 Å². The zero-order valence-electron chi connectivity index (χ0n) is 17.5. The van der Waals surface area contributed by atoms with Gasteiger partial charge in [0.05, 0.1) is 0 Å². The van der Waals surface area contributed by atoms with Crippen molar-refractivity contribution in [2.75, 3.05) is 13.6 Å². The van der Waals surface area contributed by atoms with E-state index in [1.165, 1.54) is 57.4 Å². The second-order valence-electron chi connectivity index (χ2n) is 9.18. The molecule has 2 rings (SSSR count).